The van der Waals surface area contributed by atoms with Crippen LogP contribution in [0, 0.1) is 5.92 Å². The number of hydrogen-bond donors (Lipinski definition) is 1. The maximum Gasteiger partial charge on any atom is 0.276 e. The van der Waals surface area contributed by atoms with Crippen molar-refractivity contribution in [1.82, 2.24) is 15.1 Å². The van der Waals surface area contributed by atoms with Crippen molar-refractivity contribution < 1.29 is 4.52 Å². The molecule has 0 aliphatic rings. The monoisotopic (exact) mass is 246 g/mol. The minimum Gasteiger partial charge on any atom is -0.332 e. The number of aryl methyl sites for hydroxylation is 1. The van der Waals surface area contributed by atoms with E-state index >= 15 is 0 Å². The van der Waals surface area contributed by atoms with Gasteiger partial charge in [0.1, 0.15) is 5.69 Å². The predicted molar refractivity (Wildman–Crippen MR) is 68.6 cm³/mol. The van der Waals surface area contributed by atoms with E-state index in [1.165, 1.54) is 0 Å². The van der Waals surface area contributed by atoms with Crippen molar-refractivity contribution in [3.8, 4) is 11.6 Å². The Hall–Kier alpha value is -1.75. The summed E-state index contributed by atoms with van der Waals surface area (Å²) in [6, 6.07) is 3.77. The van der Waals surface area contributed by atoms with Gasteiger partial charge in [-0.25, -0.2) is 0 Å². The summed E-state index contributed by atoms with van der Waals surface area (Å²) in [6.45, 7) is 4.83. The molecule has 96 valence electrons. The van der Waals surface area contributed by atoms with E-state index in [0.717, 1.165) is 24.2 Å². The molecule has 0 saturated carbocycles. The lowest BCUT2D eigenvalue weighted by Crippen LogP contribution is -1.97. The molecule has 0 saturated heterocycles. The highest BCUT2D eigenvalue weighted by Crippen LogP contribution is 2.15. The van der Waals surface area contributed by atoms with Crippen LogP contribution < -0.4 is 5.73 Å². The fraction of sp³-hybridized carbons (Fsp3) is 0.462. The minimum absolute atomic E-state index is 0.470. The summed E-state index contributed by atoms with van der Waals surface area (Å²) < 4.78 is 5.20. The van der Waals surface area contributed by atoms with Crippen LogP contribution in [-0.2, 0) is 13.0 Å². The number of pyridine rings is 1. The Bertz CT molecular complexity index is 490. The van der Waals surface area contributed by atoms with Crippen LogP contribution in [0.15, 0.2) is 22.9 Å². The van der Waals surface area contributed by atoms with Crippen molar-refractivity contribution in [3.05, 3.63) is 29.7 Å². The highest BCUT2D eigenvalue weighted by molar-refractivity contribution is 5.46. The van der Waals surface area contributed by atoms with E-state index in [9.17, 15) is 0 Å². The predicted octanol–water partition coefficient (Wildman–Crippen LogP) is 2.18. The number of nitrogens with two attached hydrogens (primary N) is 1. The molecular weight excluding hydrogens is 228 g/mol. The van der Waals surface area contributed by atoms with Gasteiger partial charge in [0.05, 0.1) is 0 Å². The number of hydrogen-bond acceptors (Lipinski definition) is 5. The van der Waals surface area contributed by atoms with Crippen LogP contribution in [0.5, 0.6) is 0 Å². The number of aromatic nitrogens is 3. The van der Waals surface area contributed by atoms with Crippen LogP contribution in [0.4, 0.5) is 0 Å². The van der Waals surface area contributed by atoms with Crippen LogP contribution in [0.25, 0.3) is 11.6 Å². The van der Waals surface area contributed by atoms with Gasteiger partial charge in [0, 0.05) is 19.2 Å². The number of nitrogens with zero attached hydrogens (tertiary/aromatic N) is 3. The third kappa shape index (κ3) is 3.13. The van der Waals surface area contributed by atoms with Crippen molar-refractivity contribution in [2.75, 3.05) is 0 Å². The van der Waals surface area contributed by atoms with Crippen molar-refractivity contribution in [1.29, 1.82) is 0 Å². The zero-order chi connectivity index (χ0) is 13.0. The smallest absolute Gasteiger partial charge is 0.276 e. The van der Waals surface area contributed by atoms with Gasteiger partial charge in [0.15, 0.2) is 5.82 Å². The Balaban J connectivity index is 2.08. The number of rotatable bonds is 5. The maximum atomic E-state index is 5.52. The molecule has 0 aliphatic heterocycles. The molecule has 2 aromatic heterocycles. The molecule has 2 N–H and O–H groups in total. The molecule has 0 atom stereocenters. The fourth-order valence-corrected chi connectivity index (χ4v) is 1.55. The summed E-state index contributed by atoms with van der Waals surface area (Å²) in [5.74, 6) is 1.84. The quantitative estimate of drug-likeness (QED) is 0.874. The third-order valence-electron chi connectivity index (χ3n) is 2.69. The van der Waals surface area contributed by atoms with E-state index in [1.807, 2.05) is 12.1 Å². The van der Waals surface area contributed by atoms with Gasteiger partial charge in [-0.2, -0.15) is 4.98 Å². The lowest BCUT2D eigenvalue weighted by atomic mass is 10.1. The van der Waals surface area contributed by atoms with E-state index in [2.05, 4.69) is 29.0 Å². The first kappa shape index (κ1) is 12.7. The molecule has 0 aromatic carbocycles. The molecule has 5 nitrogen and oxygen atoms in total. The molecule has 5 heteroatoms. The minimum atomic E-state index is 0.470. The van der Waals surface area contributed by atoms with Gasteiger partial charge in [-0.15, -0.1) is 0 Å². The molecule has 0 aliphatic carbocycles. The van der Waals surface area contributed by atoms with Crippen LogP contribution in [0.2, 0.25) is 0 Å². The summed E-state index contributed by atoms with van der Waals surface area (Å²) in [5.41, 5.74) is 7.19. The second-order valence-corrected chi connectivity index (χ2v) is 4.70. The standard InChI is InChI=1S/C13H18N4O/c1-9(2)3-6-12-16-13(18-17-12)11-5-4-10(7-14)8-15-11/h4-5,8-9H,3,6-7,14H2,1-2H3. The van der Waals surface area contributed by atoms with Crippen molar-refractivity contribution in [2.45, 2.75) is 33.2 Å². The normalized spacial score (nSPS) is 11.1. The zero-order valence-corrected chi connectivity index (χ0v) is 10.8. The van der Waals surface area contributed by atoms with Gasteiger partial charge in [-0.1, -0.05) is 25.1 Å². The van der Waals surface area contributed by atoms with Crippen molar-refractivity contribution in [2.24, 2.45) is 11.7 Å². The first-order chi connectivity index (χ1) is 8.69. The topological polar surface area (TPSA) is 77.8 Å². The van der Waals surface area contributed by atoms with Crippen LogP contribution in [0.1, 0.15) is 31.7 Å². The molecule has 2 rings (SSSR count). The second-order valence-electron chi connectivity index (χ2n) is 4.70. The molecule has 0 bridgehead atoms. The first-order valence-electron chi connectivity index (χ1n) is 6.17. The van der Waals surface area contributed by atoms with E-state index in [-0.39, 0.29) is 0 Å². The highest BCUT2D eigenvalue weighted by atomic mass is 16.5. The van der Waals surface area contributed by atoms with Gasteiger partial charge in [0.2, 0.25) is 0 Å². The largest absolute Gasteiger partial charge is 0.332 e. The average Bonchev–Trinajstić information content (AvgIpc) is 2.85. The van der Waals surface area contributed by atoms with Crippen molar-refractivity contribution in [3.63, 3.8) is 0 Å². The molecule has 2 aromatic rings. The third-order valence-corrected chi connectivity index (χ3v) is 2.69. The van der Waals surface area contributed by atoms with Crippen LogP contribution in [-0.4, -0.2) is 15.1 Å². The van der Waals surface area contributed by atoms with Gasteiger partial charge < -0.3 is 10.3 Å². The molecule has 18 heavy (non-hydrogen) atoms. The second kappa shape index (κ2) is 5.73. The van der Waals surface area contributed by atoms with Gasteiger partial charge >= 0.3 is 0 Å². The summed E-state index contributed by atoms with van der Waals surface area (Å²) in [6.07, 6.45) is 3.62. The molecule has 0 unspecified atom stereocenters. The molecule has 0 amide bonds. The molecule has 0 fully saturated rings. The van der Waals surface area contributed by atoms with E-state index in [0.29, 0.717) is 24.0 Å². The summed E-state index contributed by atoms with van der Waals surface area (Å²) in [4.78, 5) is 8.59. The molecule has 2 heterocycles. The van der Waals surface area contributed by atoms with Gasteiger partial charge in [-0.05, 0) is 24.0 Å². The van der Waals surface area contributed by atoms with Crippen LogP contribution >= 0.6 is 0 Å². The lowest BCUT2D eigenvalue weighted by Gasteiger charge is -1.98. The molecule has 0 radical (unpaired) electrons. The lowest BCUT2D eigenvalue weighted by molar-refractivity contribution is 0.418. The SMILES string of the molecule is CC(C)CCc1noc(-c2ccc(CN)cn2)n1. The Labute approximate surface area is 106 Å². The summed E-state index contributed by atoms with van der Waals surface area (Å²) in [7, 11) is 0. The Kier molecular flexibility index (Phi) is 4.04. The summed E-state index contributed by atoms with van der Waals surface area (Å²) in [5, 5.41) is 3.96. The Morgan fingerprint density at radius 2 is 2.17 bits per heavy atom. The van der Waals surface area contributed by atoms with Crippen molar-refractivity contribution >= 4 is 0 Å². The van der Waals surface area contributed by atoms with E-state index in [1.54, 1.807) is 6.20 Å². The Morgan fingerprint density at radius 3 is 2.78 bits per heavy atom. The zero-order valence-electron chi connectivity index (χ0n) is 10.8. The van der Waals surface area contributed by atoms with E-state index < -0.39 is 0 Å². The molecule has 0 spiro atoms. The molecular formula is C13H18N4O. The van der Waals surface area contributed by atoms with Crippen LogP contribution in [0.3, 0.4) is 0 Å². The Morgan fingerprint density at radius 1 is 1.33 bits per heavy atom. The fourth-order valence-electron chi connectivity index (χ4n) is 1.55. The summed E-state index contributed by atoms with van der Waals surface area (Å²) >= 11 is 0. The highest BCUT2D eigenvalue weighted by Gasteiger charge is 2.10. The maximum absolute atomic E-state index is 5.52. The first-order valence-corrected chi connectivity index (χ1v) is 6.17. The average molecular weight is 246 g/mol. The van der Waals surface area contributed by atoms with E-state index in [4.69, 9.17) is 10.3 Å². The van der Waals surface area contributed by atoms with Gasteiger partial charge in [0.25, 0.3) is 5.89 Å². The van der Waals surface area contributed by atoms with Gasteiger partial charge in [-0.3, -0.25) is 4.98 Å².